The molecule has 1 amide bonds. The van der Waals surface area contributed by atoms with E-state index < -0.39 is 0 Å². The molecular weight excluding hydrogens is 314 g/mol. The first kappa shape index (κ1) is 16.2. The van der Waals surface area contributed by atoms with Crippen LogP contribution in [0.2, 0.25) is 0 Å². The molecule has 0 spiro atoms. The van der Waals surface area contributed by atoms with Crippen molar-refractivity contribution in [3.8, 4) is 0 Å². The lowest BCUT2D eigenvalue weighted by Crippen LogP contribution is -2.50. The molecule has 124 valence electrons. The van der Waals surface area contributed by atoms with Crippen molar-refractivity contribution in [3.63, 3.8) is 0 Å². The monoisotopic (exact) mass is 335 g/mol. The zero-order valence-electron chi connectivity index (χ0n) is 13.3. The molecule has 3 heterocycles. The summed E-state index contributed by atoms with van der Waals surface area (Å²) in [4.78, 5) is 19.0. The second-order valence-electron chi connectivity index (χ2n) is 5.65. The highest BCUT2D eigenvalue weighted by Gasteiger charge is 2.30. The number of thiazole rings is 1. The first-order valence-electron chi connectivity index (χ1n) is 7.71. The third-order valence-corrected chi connectivity index (χ3v) is 5.01. The van der Waals surface area contributed by atoms with Gasteiger partial charge in [-0.2, -0.15) is 0 Å². The van der Waals surface area contributed by atoms with Crippen LogP contribution in [0, 0.1) is 6.92 Å². The summed E-state index contributed by atoms with van der Waals surface area (Å²) in [5.74, 6) is 0.751. The molecular formula is C16H21N3O3S. The first-order valence-corrected chi connectivity index (χ1v) is 8.59. The molecule has 0 saturated carbocycles. The number of rotatable bonds is 5. The zero-order chi connectivity index (χ0) is 16.2. The number of hydrogen-bond acceptors (Lipinski definition) is 6. The van der Waals surface area contributed by atoms with E-state index in [2.05, 4.69) is 15.2 Å². The number of ether oxygens (including phenoxy) is 1. The molecule has 2 atom stereocenters. The van der Waals surface area contributed by atoms with E-state index in [0.717, 1.165) is 23.0 Å². The smallest absolute Gasteiger partial charge is 0.237 e. The van der Waals surface area contributed by atoms with E-state index >= 15 is 0 Å². The summed E-state index contributed by atoms with van der Waals surface area (Å²) in [5.41, 5.74) is 1.01. The molecule has 1 aliphatic rings. The minimum absolute atomic E-state index is 0.00244. The van der Waals surface area contributed by atoms with Crippen molar-refractivity contribution in [2.24, 2.45) is 0 Å². The summed E-state index contributed by atoms with van der Waals surface area (Å²) in [6, 6.07) is 3.45. The van der Waals surface area contributed by atoms with Gasteiger partial charge in [0, 0.05) is 24.2 Å². The molecule has 7 heteroatoms. The van der Waals surface area contributed by atoms with Crippen molar-refractivity contribution in [3.05, 3.63) is 40.2 Å². The lowest BCUT2D eigenvalue weighted by atomic mass is 10.2. The highest BCUT2D eigenvalue weighted by atomic mass is 32.1. The molecule has 2 unspecified atom stereocenters. The summed E-state index contributed by atoms with van der Waals surface area (Å²) in [6.07, 6.45) is 1.55. The number of morpholine rings is 1. The van der Waals surface area contributed by atoms with Crippen LogP contribution in [-0.2, 0) is 16.1 Å². The molecule has 1 saturated heterocycles. The first-order chi connectivity index (χ1) is 11.1. The van der Waals surface area contributed by atoms with Crippen LogP contribution < -0.4 is 5.32 Å². The van der Waals surface area contributed by atoms with Crippen molar-refractivity contribution in [1.82, 2.24) is 15.2 Å². The number of aryl methyl sites for hydroxylation is 1. The van der Waals surface area contributed by atoms with Gasteiger partial charge in [0.2, 0.25) is 5.91 Å². The Balaban J connectivity index is 1.55. The molecule has 0 bridgehead atoms. The lowest BCUT2D eigenvalue weighted by molar-refractivity contribution is -0.129. The number of hydrogen-bond donors (Lipinski definition) is 1. The predicted octanol–water partition coefficient (Wildman–Crippen LogP) is 2.12. The van der Waals surface area contributed by atoms with Crippen LogP contribution in [0.5, 0.6) is 0 Å². The summed E-state index contributed by atoms with van der Waals surface area (Å²) in [7, 11) is 0. The quantitative estimate of drug-likeness (QED) is 0.906. The van der Waals surface area contributed by atoms with Gasteiger partial charge in [0.1, 0.15) is 16.9 Å². The highest BCUT2D eigenvalue weighted by molar-refractivity contribution is 7.09. The summed E-state index contributed by atoms with van der Waals surface area (Å²) in [5, 5.41) is 5.92. The van der Waals surface area contributed by atoms with E-state index in [9.17, 15) is 4.79 Å². The number of carbonyl (C=O) groups excluding carboxylic acids is 1. The van der Waals surface area contributed by atoms with Crippen LogP contribution in [-0.4, -0.2) is 41.5 Å². The van der Waals surface area contributed by atoms with E-state index in [-0.39, 0.29) is 18.1 Å². The van der Waals surface area contributed by atoms with Gasteiger partial charge in [-0.25, -0.2) is 4.98 Å². The van der Waals surface area contributed by atoms with Gasteiger partial charge in [-0.3, -0.25) is 9.69 Å². The Hall–Kier alpha value is -1.70. The number of carbonyl (C=O) groups is 1. The number of nitrogens with zero attached hydrogens (tertiary/aromatic N) is 2. The van der Waals surface area contributed by atoms with Gasteiger partial charge in [-0.05, 0) is 26.0 Å². The summed E-state index contributed by atoms with van der Waals surface area (Å²) in [6.45, 7) is 6.35. The molecule has 1 N–H and O–H groups in total. The van der Waals surface area contributed by atoms with Crippen molar-refractivity contribution < 1.29 is 13.9 Å². The standard InChI is InChI=1S/C16H21N3O3S/c1-11-10-23-16(18-11)14-9-19(5-7-22-14)12(2)15(20)17-8-13-4-3-6-21-13/h3-4,6,10,12,14H,5,7-9H2,1-2H3,(H,17,20). The van der Waals surface area contributed by atoms with Crippen LogP contribution in [0.4, 0.5) is 0 Å². The third kappa shape index (κ3) is 3.99. The fraction of sp³-hybridized carbons (Fsp3) is 0.500. The van der Waals surface area contributed by atoms with Gasteiger partial charge < -0.3 is 14.5 Å². The fourth-order valence-corrected chi connectivity index (χ4v) is 3.43. The zero-order valence-corrected chi connectivity index (χ0v) is 14.1. The van der Waals surface area contributed by atoms with Gasteiger partial charge in [-0.1, -0.05) is 0 Å². The van der Waals surface area contributed by atoms with Crippen molar-refractivity contribution >= 4 is 17.2 Å². The predicted molar refractivity (Wildman–Crippen MR) is 87.1 cm³/mol. The Bertz CT molecular complexity index is 641. The second kappa shape index (κ2) is 7.25. The largest absolute Gasteiger partial charge is 0.467 e. The van der Waals surface area contributed by atoms with Crippen LogP contribution >= 0.6 is 11.3 Å². The van der Waals surface area contributed by atoms with E-state index in [0.29, 0.717) is 19.7 Å². The van der Waals surface area contributed by atoms with Gasteiger partial charge in [0.25, 0.3) is 0 Å². The Kier molecular flexibility index (Phi) is 5.09. The fourth-order valence-electron chi connectivity index (χ4n) is 2.59. The van der Waals surface area contributed by atoms with Crippen LogP contribution in [0.1, 0.15) is 29.5 Å². The number of aromatic nitrogens is 1. The van der Waals surface area contributed by atoms with E-state index in [4.69, 9.17) is 9.15 Å². The van der Waals surface area contributed by atoms with Gasteiger partial charge in [-0.15, -0.1) is 11.3 Å². The number of amides is 1. The summed E-state index contributed by atoms with van der Waals surface area (Å²) >= 11 is 1.61. The molecule has 6 nitrogen and oxygen atoms in total. The number of nitrogens with one attached hydrogen (secondary N) is 1. The third-order valence-electron chi connectivity index (χ3n) is 3.95. The minimum Gasteiger partial charge on any atom is -0.467 e. The lowest BCUT2D eigenvalue weighted by Gasteiger charge is -2.35. The van der Waals surface area contributed by atoms with Gasteiger partial charge >= 0.3 is 0 Å². The summed E-state index contributed by atoms with van der Waals surface area (Å²) < 4.78 is 11.0. The average molecular weight is 335 g/mol. The maximum atomic E-state index is 12.3. The SMILES string of the molecule is Cc1csc(C2CN(C(C)C(=O)NCc3ccco3)CCO2)n1. The van der Waals surface area contributed by atoms with Crippen LogP contribution in [0.3, 0.4) is 0 Å². The number of furan rings is 1. The topological polar surface area (TPSA) is 67.6 Å². The molecule has 0 aromatic carbocycles. The van der Waals surface area contributed by atoms with Crippen molar-refractivity contribution in [2.75, 3.05) is 19.7 Å². The molecule has 1 aliphatic heterocycles. The van der Waals surface area contributed by atoms with Crippen LogP contribution in [0.25, 0.3) is 0 Å². The van der Waals surface area contributed by atoms with Crippen LogP contribution in [0.15, 0.2) is 28.2 Å². The Morgan fingerprint density at radius 3 is 3.17 bits per heavy atom. The van der Waals surface area contributed by atoms with Gasteiger partial charge in [0.15, 0.2) is 0 Å². The molecule has 2 aromatic heterocycles. The molecule has 1 fully saturated rings. The molecule has 0 radical (unpaired) electrons. The molecule has 0 aliphatic carbocycles. The molecule has 23 heavy (non-hydrogen) atoms. The van der Waals surface area contributed by atoms with E-state index in [1.54, 1.807) is 17.6 Å². The van der Waals surface area contributed by atoms with E-state index in [1.807, 2.05) is 31.4 Å². The van der Waals surface area contributed by atoms with E-state index in [1.165, 1.54) is 0 Å². The normalized spacial score (nSPS) is 20.3. The molecule has 2 aromatic rings. The average Bonchev–Trinajstić information content (AvgIpc) is 3.23. The van der Waals surface area contributed by atoms with Crippen molar-refractivity contribution in [1.29, 1.82) is 0 Å². The molecule has 3 rings (SSSR count). The maximum absolute atomic E-state index is 12.3. The Morgan fingerprint density at radius 1 is 1.61 bits per heavy atom. The second-order valence-corrected chi connectivity index (χ2v) is 6.54. The maximum Gasteiger partial charge on any atom is 0.237 e. The van der Waals surface area contributed by atoms with Crippen molar-refractivity contribution in [2.45, 2.75) is 32.5 Å². The Labute approximate surface area is 139 Å². The Morgan fingerprint density at radius 2 is 2.48 bits per heavy atom. The highest BCUT2D eigenvalue weighted by Crippen LogP contribution is 2.26. The van der Waals surface area contributed by atoms with Gasteiger partial charge in [0.05, 0.1) is 25.5 Å². The minimum atomic E-state index is -0.211.